The van der Waals surface area contributed by atoms with Crippen LogP contribution in [0.25, 0.3) is 0 Å². The van der Waals surface area contributed by atoms with Gasteiger partial charge in [-0.05, 0) is 49.5 Å². The summed E-state index contributed by atoms with van der Waals surface area (Å²) in [4.78, 5) is 4.02. The summed E-state index contributed by atoms with van der Waals surface area (Å²) in [6.07, 6.45) is 11.7. The third-order valence-corrected chi connectivity index (χ3v) is 3.22. The summed E-state index contributed by atoms with van der Waals surface area (Å²) in [6, 6.07) is 4.18. The number of unbranched alkanes of at least 4 members (excludes halogenated alkanes) is 3. The predicted octanol–water partition coefficient (Wildman–Crippen LogP) is 3.82. The fourth-order valence-corrected chi connectivity index (χ4v) is 2.06. The van der Waals surface area contributed by atoms with Crippen molar-refractivity contribution in [3.8, 4) is 0 Å². The molecule has 0 radical (unpaired) electrons. The van der Waals surface area contributed by atoms with E-state index < -0.39 is 0 Å². The second kappa shape index (κ2) is 10.1. The van der Waals surface area contributed by atoms with Crippen molar-refractivity contribution in [2.24, 2.45) is 5.92 Å². The SMILES string of the molecule is CC(C)CCCCCCNCCc1ccncc1. The summed E-state index contributed by atoms with van der Waals surface area (Å²) < 4.78 is 0. The van der Waals surface area contributed by atoms with Crippen molar-refractivity contribution in [2.75, 3.05) is 13.1 Å². The van der Waals surface area contributed by atoms with Gasteiger partial charge in [-0.3, -0.25) is 4.98 Å². The average Bonchev–Trinajstić information content (AvgIpc) is 2.37. The molecule has 0 spiro atoms. The second-order valence-corrected chi connectivity index (χ2v) is 5.45. The molecule has 0 amide bonds. The van der Waals surface area contributed by atoms with Crippen LogP contribution in [-0.2, 0) is 6.42 Å². The summed E-state index contributed by atoms with van der Waals surface area (Å²) in [5.41, 5.74) is 1.37. The van der Waals surface area contributed by atoms with E-state index in [2.05, 4.69) is 36.3 Å². The van der Waals surface area contributed by atoms with Gasteiger partial charge in [-0.1, -0.05) is 39.5 Å². The molecular weight excluding hydrogens is 220 g/mol. The zero-order valence-corrected chi connectivity index (χ0v) is 12.0. The van der Waals surface area contributed by atoms with Crippen LogP contribution in [0.15, 0.2) is 24.5 Å². The van der Waals surface area contributed by atoms with Crippen LogP contribution < -0.4 is 5.32 Å². The lowest BCUT2D eigenvalue weighted by molar-refractivity contribution is 0.512. The molecule has 2 nitrogen and oxygen atoms in total. The van der Waals surface area contributed by atoms with Gasteiger partial charge in [-0.15, -0.1) is 0 Å². The monoisotopic (exact) mass is 248 g/mol. The first-order chi connectivity index (χ1) is 8.79. The van der Waals surface area contributed by atoms with Crippen LogP contribution in [0.1, 0.15) is 51.5 Å². The van der Waals surface area contributed by atoms with Crippen LogP contribution in [0.2, 0.25) is 0 Å². The van der Waals surface area contributed by atoms with Gasteiger partial charge in [0.15, 0.2) is 0 Å². The van der Waals surface area contributed by atoms with Crippen LogP contribution in [0, 0.1) is 5.92 Å². The highest BCUT2D eigenvalue weighted by molar-refractivity contribution is 5.09. The molecule has 0 aromatic carbocycles. The Balaban J connectivity index is 1.84. The zero-order chi connectivity index (χ0) is 13.1. The molecule has 0 aliphatic heterocycles. The van der Waals surface area contributed by atoms with Crippen molar-refractivity contribution in [3.63, 3.8) is 0 Å². The maximum absolute atomic E-state index is 4.02. The van der Waals surface area contributed by atoms with Crippen molar-refractivity contribution < 1.29 is 0 Å². The Labute approximate surface area is 112 Å². The average molecular weight is 248 g/mol. The van der Waals surface area contributed by atoms with E-state index in [0.29, 0.717) is 0 Å². The molecule has 102 valence electrons. The van der Waals surface area contributed by atoms with Gasteiger partial charge in [-0.25, -0.2) is 0 Å². The van der Waals surface area contributed by atoms with Crippen molar-refractivity contribution in [1.82, 2.24) is 10.3 Å². The number of hydrogen-bond donors (Lipinski definition) is 1. The molecule has 0 unspecified atom stereocenters. The van der Waals surface area contributed by atoms with Crippen LogP contribution in [0.4, 0.5) is 0 Å². The Bertz CT molecular complexity index is 282. The highest BCUT2D eigenvalue weighted by atomic mass is 14.8. The Morgan fingerprint density at radius 1 is 1.00 bits per heavy atom. The Morgan fingerprint density at radius 2 is 1.72 bits per heavy atom. The topological polar surface area (TPSA) is 24.9 Å². The van der Waals surface area contributed by atoms with E-state index in [9.17, 15) is 0 Å². The highest BCUT2D eigenvalue weighted by Crippen LogP contribution is 2.08. The molecule has 0 saturated carbocycles. The van der Waals surface area contributed by atoms with Crippen LogP contribution >= 0.6 is 0 Å². The van der Waals surface area contributed by atoms with Gasteiger partial charge in [0.2, 0.25) is 0 Å². The summed E-state index contributed by atoms with van der Waals surface area (Å²) in [7, 11) is 0. The molecule has 0 saturated heterocycles. The molecule has 0 atom stereocenters. The molecule has 1 rings (SSSR count). The number of aromatic nitrogens is 1. The first kappa shape index (κ1) is 15.2. The minimum Gasteiger partial charge on any atom is -0.316 e. The van der Waals surface area contributed by atoms with Gasteiger partial charge < -0.3 is 5.32 Å². The lowest BCUT2D eigenvalue weighted by Crippen LogP contribution is -2.18. The van der Waals surface area contributed by atoms with Crippen molar-refractivity contribution in [2.45, 2.75) is 52.4 Å². The van der Waals surface area contributed by atoms with Crippen molar-refractivity contribution in [3.05, 3.63) is 30.1 Å². The van der Waals surface area contributed by atoms with Gasteiger partial charge in [0.05, 0.1) is 0 Å². The Hall–Kier alpha value is -0.890. The van der Waals surface area contributed by atoms with Crippen LogP contribution in [0.3, 0.4) is 0 Å². The number of pyridine rings is 1. The molecule has 1 heterocycles. The summed E-state index contributed by atoms with van der Waals surface area (Å²) in [5, 5.41) is 3.51. The Morgan fingerprint density at radius 3 is 2.44 bits per heavy atom. The van der Waals surface area contributed by atoms with E-state index in [0.717, 1.165) is 25.4 Å². The van der Waals surface area contributed by atoms with Crippen LogP contribution in [-0.4, -0.2) is 18.1 Å². The molecule has 0 aliphatic carbocycles. The number of rotatable bonds is 10. The van der Waals surface area contributed by atoms with E-state index in [1.165, 1.54) is 37.7 Å². The molecule has 18 heavy (non-hydrogen) atoms. The van der Waals surface area contributed by atoms with Gasteiger partial charge in [0.25, 0.3) is 0 Å². The number of nitrogens with zero attached hydrogens (tertiary/aromatic N) is 1. The minimum atomic E-state index is 0.864. The highest BCUT2D eigenvalue weighted by Gasteiger charge is 1.95. The number of nitrogens with one attached hydrogen (secondary N) is 1. The lowest BCUT2D eigenvalue weighted by Gasteiger charge is -2.06. The molecule has 1 N–H and O–H groups in total. The predicted molar refractivity (Wildman–Crippen MR) is 78.7 cm³/mol. The minimum absolute atomic E-state index is 0.864. The van der Waals surface area contributed by atoms with Gasteiger partial charge in [-0.2, -0.15) is 0 Å². The molecule has 1 aromatic rings. The van der Waals surface area contributed by atoms with E-state index >= 15 is 0 Å². The first-order valence-corrected chi connectivity index (χ1v) is 7.38. The first-order valence-electron chi connectivity index (χ1n) is 7.38. The number of hydrogen-bond acceptors (Lipinski definition) is 2. The second-order valence-electron chi connectivity index (χ2n) is 5.45. The third-order valence-electron chi connectivity index (χ3n) is 3.22. The normalized spacial score (nSPS) is 11.1. The van der Waals surface area contributed by atoms with Gasteiger partial charge >= 0.3 is 0 Å². The molecule has 1 aromatic heterocycles. The van der Waals surface area contributed by atoms with Crippen LogP contribution in [0.5, 0.6) is 0 Å². The van der Waals surface area contributed by atoms with Crippen molar-refractivity contribution >= 4 is 0 Å². The largest absolute Gasteiger partial charge is 0.316 e. The van der Waals surface area contributed by atoms with Gasteiger partial charge in [0.1, 0.15) is 0 Å². The Kier molecular flexibility index (Phi) is 8.49. The molecule has 0 aliphatic rings. The molecular formula is C16H28N2. The summed E-state index contributed by atoms with van der Waals surface area (Å²) in [6.45, 7) is 6.85. The maximum Gasteiger partial charge on any atom is 0.0270 e. The fourth-order valence-electron chi connectivity index (χ4n) is 2.06. The van der Waals surface area contributed by atoms with Gasteiger partial charge in [0, 0.05) is 12.4 Å². The summed E-state index contributed by atoms with van der Waals surface area (Å²) >= 11 is 0. The quantitative estimate of drug-likeness (QED) is 0.637. The van der Waals surface area contributed by atoms with E-state index in [1.807, 2.05) is 12.4 Å². The maximum atomic E-state index is 4.02. The summed E-state index contributed by atoms with van der Waals surface area (Å²) in [5.74, 6) is 0.864. The lowest BCUT2D eigenvalue weighted by atomic mass is 10.0. The smallest absolute Gasteiger partial charge is 0.0270 e. The molecule has 0 bridgehead atoms. The fraction of sp³-hybridized carbons (Fsp3) is 0.688. The zero-order valence-electron chi connectivity index (χ0n) is 12.0. The standard InChI is InChI=1S/C16H28N2/c1-15(2)7-5-3-4-6-11-17-12-8-16-9-13-18-14-10-16/h9-10,13-15,17H,3-8,11-12H2,1-2H3. The van der Waals surface area contributed by atoms with Crippen molar-refractivity contribution in [1.29, 1.82) is 0 Å². The molecule has 0 fully saturated rings. The third kappa shape index (κ3) is 8.24. The van der Waals surface area contributed by atoms with E-state index in [4.69, 9.17) is 0 Å². The van der Waals surface area contributed by atoms with E-state index in [1.54, 1.807) is 0 Å². The van der Waals surface area contributed by atoms with E-state index in [-0.39, 0.29) is 0 Å². The molecule has 2 heteroatoms.